The zero-order valence-corrected chi connectivity index (χ0v) is 11.8. The number of hydrogen-bond acceptors (Lipinski definition) is 1. The van der Waals surface area contributed by atoms with Crippen molar-refractivity contribution in [2.24, 2.45) is 11.7 Å². The van der Waals surface area contributed by atoms with Crippen LogP contribution in [0, 0.1) is 5.92 Å². The predicted octanol–water partition coefficient (Wildman–Crippen LogP) is 4.22. The molecule has 0 aliphatic heterocycles. The average molecular weight is 264 g/mol. The third kappa shape index (κ3) is 1.83. The van der Waals surface area contributed by atoms with Crippen molar-refractivity contribution in [3.63, 3.8) is 0 Å². The van der Waals surface area contributed by atoms with E-state index in [2.05, 4.69) is 47.0 Å². The van der Waals surface area contributed by atoms with E-state index in [9.17, 15) is 0 Å². The molecule has 0 amide bonds. The Labute approximate surface area is 119 Å². The molecule has 2 aromatic carbocycles. The first-order chi connectivity index (χ1) is 9.74. The number of hydrogen-bond donors (Lipinski definition) is 1. The molecule has 1 unspecified atom stereocenters. The SMILES string of the molecule is CC(N)c1ccc2c(c1)c1ccccc1n2CC1CC1. The third-order valence-corrected chi connectivity index (χ3v) is 4.46. The van der Waals surface area contributed by atoms with Crippen LogP contribution < -0.4 is 5.73 Å². The lowest BCUT2D eigenvalue weighted by Gasteiger charge is -2.08. The maximum absolute atomic E-state index is 6.04. The molecular formula is C18H20N2. The number of aromatic nitrogens is 1. The number of benzene rings is 2. The molecule has 0 saturated heterocycles. The largest absolute Gasteiger partial charge is 0.340 e. The zero-order chi connectivity index (χ0) is 13.7. The van der Waals surface area contributed by atoms with Gasteiger partial charge < -0.3 is 10.3 Å². The second-order valence-corrected chi connectivity index (χ2v) is 6.14. The van der Waals surface area contributed by atoms with Crippen molar-refractivity contribution in [3.8, 4) is 0 Å². The molecule has 1 aliphatic rings. The summed E-state index contributed by atoms with van der Waals surface area (Å²) in [6, 6.07) is 15.5. The van der Waals surface area contributed by atoms with Gasteiger partial charge in [0.1, 0.15) is 0 Å². The quantitative estimate of drug-likeness (QED) is 0.754. The van der Waals surface area contributed by atoms with Gasteiger partial charge >= 0.3 is 0 Å². The molecular weight excluding hydrogens is 244 g/mol. The number of rotatable bonds is 3. The van der Waals surface area contributed by atoms with Gasteiger partial charge in [0.2, 0.25) is 0 Å². The molecule has 2 N–H and O–H groups in total. The van der Waals surface area contributed by atoms with Crippen LogP contribution in [0.4, 0.5) is 0 Å². The van der Waals surface area contributed by atoms with Crippen molar-refractivity contribution in [1.82, 2.24) is 4.57 Å². The predicted molar refractivity (Wildman–Crippen MR) is 84.8 cm³/mol. The molecule has 0 spiro atoms. The zero-order valence-electron chi connectivity index (χ0n) is 11.8. The minimum atomic E-state index is 0.0879. The summed E-state index contributed by atoms with van der Waals surface area (Å²) in [5.41, 5.74) is 9.96. The second-order valence-electron chi connectivity index (χ2n) is 6.14. The number of fused-ring (bicyclic) bond motifs is 3. The Morgan fingerprint density at radius 2 is 1.85 bits per heavy atom. The molecule has 2 heteroatoms. The van der Waals surface area contributed by atoms with E-state index in [4.69, 9.17) is 5.73 Å². The summed E-state index contributed by atoms with van der Waals surface area (Å²) in [6.07, 6.45) is 2.76. The second kappa shape index (κ2) is 4.35. The Bertz CT molecular complexity index is 779. The van der Waals surface area contributed by atoms with Gasteiger partial charge in [0, 0.05) is 34.4 Å². The lowest BCUT2D eigenvalue weighted by atomic mass is 10.1. The number of nitrogens with zero attached hydrogens (tertiary/aromatic N) is 1. The molecule has 1 fully saturated rings. The van der Waals surface area contributed by atoms with E-state index in [-0.39, 0.29) is 6.04 Å². The minimum absolute atomic E-state index is 0.0879. The monoisotopic (exact) mass is 264 g/mol. The van der Waals surface area contributed by atoms with Gasteiger partial charge in [-0.15, -0.1) is 0 Å². The van der Waals surface area contributed by atoms with Crippen LogP contribution in [0.5, 0.6) is 0 Å². The Hall–Kier alpha value is -1.80. The molecule has 1 saturated carbocycles. The first-order valence-electron chi connectivity index (χ1n) is 7.50. The van der Waals surface area contributed by atoms with E-state index in [0.717, 1.165) is 12.5 Å². The standard InChI is InChI=1S/C18H20N2/c1-12(19)14-8-9-18-16(10-14)15-4-2-3-5-17(15)20(18)11-13-6-7-13/h2-5,8-10,12-13H,6-7,11,19H2,1H3. The highest BCUT2D eigenvalue weighted by molar-refractivity contribution is 6.08. The van der Waals surface area contributed by atoms with Gasteiger partial charge in [-0.3, -0.25) is 0 Å². The van der Waals surface area contributed by atoms with Crippen LogP contribution >= 0.6 is 0 Å². The Kier molecular flexibility index (Phi) is 2.61. The van der Waals surface area contributed by atoms with Crippen molar-refractivity contribution in [2.75, 3.05) is 0 Å². The fourth-order valence-electron chi connectivity index (χ4n) is 3.11. The maximum atomic E-state index is 6.04. The summed E-state index contributed by atoms with van der Waals surface area (Å²) < 4.78 is 2.49. The lowest BCUT2D eigenvalue weighted by Crippen LogP contribution is -2.04. The summed E-state index contributed by atoms with van der Waals surface area (Å²) in [6.45, 7) is 3.20. The fraction of sp³-hybridized carbons (Fsp3) is 0.333. The van der Waals surface area contributed by atoms with Crippen molar-refractivity contribution in [2.45, 2.75) is 32.4 Å². The van der Waals surface area contributed by atoms with E-state index < -0.39 is 0 Å². The van der Waals surface area contributed by atoms with Gasteiger partial charge in [0.25, 0.3) is 0 Å². The van der Waals surface area contributed by atoms with Crippen LogP contribution in [-0.4, -0.2) is 4.57 Å². The van der Waals surface area contributed by atoms with E-state index in [1.54, 1.807) is 0 Å². The summed E-state index contributed by atoms with van der Waals surface area (Å²) in [4.78, 5) is 0. The van der Waals surface area contributed by atoms with Crippen molar-refractivity contribution < 1.29 is 0 Å². The maximum Gasteiger partial charge on any atom is 0.0491 e. The average Bonchev–Trinajstić information content (AvgIpc) is 3.23. The molecule has 20 heavy (non-hydrogen) atoms. The smallest absolute Gasteiger partial charge is 0.0491 e. The minimum Gasteiger partial charge on any atom is -0.340 e. The molecule has 3 aromatic rings. The molecule has 0 bridgehead atoms. The van der Waals surface area contributed by atoms with Gasteiger partial charge in [0.05, 0.1) is 0 Å². The molecule has 1 aromatic heterocycles. The van der Waals surface area contributed by atoms with Crippen LogP contribution in [0.25, 0.3) is 21.8 Å². The van der Waals surface area contributed by atoms with Crippen LogP contribution in [0.2, 0.25) is 0 Å². The molecule has 4 rings (SSSR count). The summed E-state index contributed by atoms with van der Waals surface area (Å²) in [5, 5.41) is 2.70. The van der Waals surface area contributed by atoms with Gasteiger partial charge in [-0.1, -0.05) is 24.3 Å². The number of nitrogens with two attached hydrogens (primary N) is 1. The first kappa shape index (κ1) is 12.0. The fourth-order valence-corrected chi connectivity index (χ4v) is 3.11. The van der Waals surface area contributed by atoms with Crippen molar-refractivity contribution in [3.05, 3.63) is 48.0 Å². The first-order valence-corrected chi connectivity index (χ1v) is 7.50. The lowest BCUT2D eigenvalue weighted by molar-refractivity contribution is 0.664. The number of para-hydroxylation sites is 1. The van der Waals surface area contributed by atoms with Gasteiger partial charge in [-0.25, -0.2) is 0 Å². The van der Waals surface area contributed by atoms with Crippen molar-refractivity contribution in [1.29, 1.82) is 0 Å². The molecule has 1 heterocycles. The van der Waals surface area contributed by atoms with Crippen LogP contribution in [-0.2, 0) is 6.54 Å². The summed E-state index contributed by atoms with van der Waals surface area (Å²) >= 11 is 0. The van der Waals surface area contributed by atoms with E-state index in [1.165, 1.54) is 40.2 Å². The van der Waals surface area contributed by atoms with Crippen LogP contribution in [0.1, 0.15) is 31.4 Å². The highest BCUT2D eigenvalue weighted by Crippen LogP contribution is 2.36. The Balaban J connectivity index is 2.02. The molecule has 1 atom stereocenters. The van der Waals surface area contributed by atoms with Crippen LogP contribution in [0.3, 0.4) is 0 Å². The normalized spacial score (nSPS) is 16.9. The van der Waals surface area contributed by atoms with E-state index in [1.807, 2.05) is 6.92 Å². The van der Waals surface area contributed by atoms with Gasteiger partial charge in [0.15, 0.2) is 0 Å². The van der Waals surface area contributed by atoms with Gasteiger partial charge in [-0.05, 0) is 49.4 Å². The molecule has 1 aliphatic carbocycles. The summed E-state index contributed by atoms with van der Waals surface area (Å²) in [7, 11) is 0. The summed E-state index contributed by atoms with van der Waals surface area (Å²) in [5.74, 6) is 0.877. The van der Waals surface area contributed by atoms with Crippen LogP contribution in [0.15, 0.2) is 42.5 Å². The highest BCUT2D eigenvalue weighted by Gasteiger charge is 2.23. The van der Waals surface area contributed by atoms with Crippen molar-refractivity contribution >= 4 is 21.8 Å². The molecule has 2 nitrogen and oxygen atoms in total. The highest BCUT2D eigenvalue weighted by atomic mass is 15.0. The van der Waals surface area contributed by atoms with Gasteiger partial charge in [-0.2, -0.15) is 0 Å². The Morgan fingerprint density at radius 1 is 1.10 bits per heavy atom. The molecule has 102 valence electrons. The Morgan fingerprint density at radius 3 is 2.60 bits per heavy atom. The molecule has 0 radical (unpaired) electrons. The van der Waals surface area contributed by atoms with E-state index >= 15 is 0 Å². The third-order valence-electron chi connectivity index (χ3n) is 4.46. The van der Waals surface area contributed by atoms with E-state index in [0.29, 0.717) is 0 Å². The topological polar surface area (TPSA) is 30.9 Å².